The van der Waals surface area contributed by atoms with Crippen molar-refractivity contribution in [2.45, 2.75) is 51.5 Å². The number of hydrogen-bond donors (Lipinski definition) is 3. The predicted octanol–water partition coefficient (Wildman–Crippen LogP) is 4.73. The molecule has 10 nitrogen and oxygen atoms in total. The fourth-order valence-corrected chi connectivity index (χ4v) is 6.41. The maximum absolute atomic E-state index is 15.3. The molecule has 0 spiro atoms. The molecule has 0 radical (unpaired) electrons. The van der Waals surface area contributed by atoms with Gasteiger partial charge in [0.25, 0.3) is 5.56 Å². The summed E-state index contributed by atoms with van der Waals surface area (Å²) in [6, 6.07) is 25.1. The number of aliphatic hydroxyl groups is 1. The molecule has 12 heteroatoms. The lowest BCUT2D eigenvalue weighted by Crippen LogP contribution is -2.43. The number of aryl methyl sites for hydroxylation is 1. The molecular formula is C32H38FN2O8P. The molecule has 1 saturated heterocycles. The maximum Gasteiger partial charge on any atom is 0.330 e. The third-order valence-corrected chi connectivity index (χ3v) is 9.03. The van der Waals surface area contributed by atoms with Crippen molar-refractivity contribution in [1.29, 1.82) is 0 Å². The first-order valence-corrected chi connectivity index (χ1v) is 16.0. The van der Waals surface area contributed by atoms with Crippen molar-refractivity contribution in [3.63, 3.8) is 0 Å². The molecule has 3 N–H and O–H groups in total. The lowest BCUT2D eigenvalue weighted by Gasteiger charge is -2.24. The highest BCUT2D eigenvalue weighted by Gasteiger charge is 2.55. The van der Waals surface area contributed by atoms with E-state index in [4.69, 9.17) is 14.0 Å². The van der Waals surface area contributed by atoms with Gasteiger partial charge < -0.3 is 24.0 Å². The molecule has 6 atom stereocenters. The third kappa shape index (κ3) is 8.38. The number of aromatic nitrogens is 2. The Labute approximate surface area is 254 Å². The van der Waals surface area contributed by atoms with Gasteiger partial charge in [0.2, 0.25) is 0 Å². The van der Waals surface area contributed by atoms with Crippen LogP contribution in [0.5, 0.6) is 0 Å². The molecule has 1 aliphatic rings. The van der Waals surface area contributed by atoms with Crippen LogP contribution in [0.1, 0.15) is 31.2 Å². The molecule has 0 bridgehead atoms. The van der Waals surface area contributed by atoms with Crippen molar-refractivity contribution in [1.82, 2.24) is 9.55 Å². The van der Waals surface area contributed by atoms with Gasteiger partial charge in [-0.3, -0.25) is 18.9 Å². The zero-order valence-corrected chi connectivity index (χ0v) is 25.7. The lowest BCUT2D eigenvalue weighted by atomic mass is 9.98. The van der Waals surface area contributed by atoms with Crippen LogP contribution in [0.3, 0.4) is 0 Å². The normalized spacial score (nSPS) is 23.5. The highest BCUT2D eigenvalue weighted by atomic mass is 31.2. The van der Waals surface area contributed by atoms with Crippen molar-refractivity contribution in [2.24, 2.45) is 5.92 Å². The Morgan fingerprint density at radius 1 is 1.07 bits per heavy atom. The second kappa shape index (κ2) is 14.6. The van der Waals surface area contributed by atoms with Crippen molar-refractivity contribution in [3.05, 3.63) is 117 Å². The van der Waals surface area contributed by atoms with Gasteiger partial charge in [-0.15, -0.1) is 0 Å². The molecule has 1 fully saturated rings. The highest BCUT2D eigenvalue weighted by Crippen LogP contribution is 2.46. The number of aromatic amines is 1. The molecule has 5 rings (SSSR count). The first-order chi connectivity index (χ1) is 20.9. The average Bonchev–Trinajstić information content (AvgIpc) is 3.21. The molecule has 1 aromatic heterocycles. The Hall–Kier alpha value is -3.44. The SMILES string of the molecule is Cc1ccc2ccccc2c1COCC(C)CP(=O)(O)OC[C@H]1O[C@@H](n2ccc(=O)[nH]c2=O)[C@](C)(F)[C@@H]1O.c1ccccc1. The van der Waals surface area contributed by atoms with Crippen LogP contribution in [-0.2, 0) is 25.2 Å². The van der Waals surface area contributed by atoms with Crippen LogP contribution in [0.4, 0.5) is 4.39 Å². The first-order valence-electron chi connectivity index (χ1n) is 14.2. The Morgan fingerprint density at radius 3 is 2.39 bits per heavy atom. The van der Waals surface area contributed by atoms with E-state index >= 15 is 4.39 Å². The molecule has 2 unspecified atom stereocenters. The number of halogens is 1. The minimum Gasteiger partial charge on any atom is -0.387 e. The fraction of sp³-hybridized carbons (Fsp3) is 0.375. The van der Waals surface area contributed by atoms with E-state index in [9.17, 15) is 24.2 Å². The van der Waals surface area contributed by atoms with Crippen LogP contribution >= 0.6 is 7.60 Å². The lowest BCUT2D eigenvalue weighted by molar-refractivity contribution is -0.0593. The zero-order chi connectivity index (χ0) is 31.9. The maximum atomic E-state index is 15.3. The van der Waals surface area contributed by atoms with E-state index in [0.29, 0.717) is 6.61 Å². The van der Waals surface area contributed by atoms with Crippen LogP contribution in [0.2, 0.25) is 0 Å². The number of alkyl halides is 1. The van der Waals surface area contributed by atoms with Crippen LogP contribution in [0, 0.1) is 12.8 Å². The van der Waals surface area contributed by atoms with Crippen LogP contribution in [0.25, 0.3) is 10.8 Å². The van der Waals surface area contributed by atoms with Gasteiger partial charge in [0.05, 0.1) is 26.0 Å². The number of benzene rings is 3. The fourth-order valence-electron chi connectivity index (χ4n) is 5.04. The number of nitrogens with one attached hydrogen (secondary N) is 1. The first kappa shape index (κ1) is 33.5. The summed E-state index contributed by atoms with van der Waals surface area (Å²) in [6.07, 6.45) is -3.82. The van der Waals surface area contributed by atoms with E-state index < -0.39 is 49.6 Å². The van der Waals surface area contributed by atoms with Crippen LogP contribution in [0.15, 0.2) is 94.6 Å². The van der Waals surface area contributed by atoms with E-state index in [1.54, 1.807) is 6.92 Å². The van der Waals surface area contributed by atoms with Crippen molar-refractivity contribution < 1.29 is 33.0 Å². The quantitative estimate of drug-likeness (QED) is 0.214. The van der Waals surface area contributed by atoms with Gasteiger partial charge in [0, 0.05) is 12.3 Å². The topological polar surface area (TPSA) is 140 Å². The number of aliphatic hydroxyl groups excluding tert-OH is 1. The van der Waals surface area contributed by atoms with E-state index in [0.717, 1.165) is 45.7 Å². The Balaban J connectivity index is 0.000000657. The summed E-state index contributed by atoms with van der Waals surface area (Å²) < 4.78 is 45.3. The van der Waals surface area contributed by atoms with Crippen LogP contribution < -0.4 is 11.2 Å². The van der Waals surface area contributed by atoms with Gasteiger partial charge in [-0.25, -0.2) is 9.18 Å². The number of nitrogens with zero attached hydrogens (tertiary/aromatic N) is 1. The summed E-state index contributed by atoms with van der Waals surface area (Å²) in [5.74, 6) is -0.338. The van der Waals surface area contributed by atoms with Gasteiger partial charge in [-0.05, 0) is 41.7 Å². The summed E-state index contributed by atoms with van der Waals surface area (Å²) >= 11 is 0. The molecule has 1 aliphatic heterocycles. The highest BCUT2D eigenvalue weighted by molar-refractivity contribution is 7.52. The molecule has 2 heterocycles. The standard InChI is InChI=1S/C26H32FN2O8P.C6H6/c1-16(12-35-13-20-17(2)8-9-18-6-4-5-7-19(18)20)15-38(33,34)36-14-21-23(31)26(3,27)24(37-21)29-11-10-22(30)28-25(29)32;1-2-4-6-5-3-1/h4-11,16,21,23-24,31H,12-15H2,1-3H3,(H,33,34)(H,28,30,32);1-6H/t16?,21-,23-,24-,26-;/m1./s1. The summed E-state index contributed by atoms with van der Waals surface area (Å²) in [6.45, 7) is 4.77. The number of hydrogen-bond acceptors (Lipinski definition) is 7. The second-order valence-electron chi connectivity index (χ2n) is 11.1. The zero-order valence-electron chi connectivity index (χ0n) is 24.8. The predicted molar refractivity (Wildman–Crippen MR) is 165 cm³/mol. The molecule has 0 amide bonds. The van der Waals surface area contributed by atoms with Crippen molar-refractivity contribution in [2.75, 3.05) is 19.4 Å². The molecule has 44 heavy (non-hydrogen) atoms. The number of ether oxygens (including phenoxy) is 2. The minimum absolute atomic E-state index is 0.207. The smallest absolute Gasteiger partial charge is 0.330 e. The number of H-pyrrole nitrogens is 1. The van der Waals surface area contributed by atoms with Gasteiger partial charge >= 0.3 is 13.3 Å². The largest absolute Gasteiger partial charge is 0.387 e. The third-order valence-electron chi connectivity index (χ3n) is 7.39. The van der Waals surface area contributed by atoms with E-state index in [2.05, 4.69) is 0 Å². The molecule has 0 saturated carbocycles. The van der Waals surface area contributed by atoms with Crippen LogP contribution in [-0.4, -0.2) is 56.8 Å². The van der Waals surface area contributed by atoms with Crippen molar-refractivity contribution in [3.8, 4) is 0 Å². The van der Waals surface area contributed by atoms with Gasteiger partial charge in [-0.2, -0.15) is 0 Å². The Bertz CT molecular complexity index is 1670. The van der Waals surface area contributed by atoms with E-state index in [-0.39, 0.29) is 18.7 Å². The number of rotatable bonds is 10. The molecule has 3 aromatic carbocycles. The molecule has 4 aromatic rings. The molecular weight excluding hydrogens is 590 g/mol. The monoisotopic (exact) mass is 628 g/mol. The minimum atomic E-state index is -4.15. The summed E-state index contributed by atoms with van der Waals surface area (Å²) in [5, 5.41) is 12.6. The van der Waals surface area contributed by atoms with E-state index in [1.165, 1.54) is 0 Å². The average molecular weight is 629 g/mol. The summed E-state index contributed by atoms with van der Waals surface area (Å²) in [7, 11) is -4.15. The van der Waals surface area contributed by atoms with Gasteiger partial charge in [0.15, 0.2) is 11.9 Å². The van der Waals surface area contributed by atoms with Gasteiger partial charge in [-0.1, -0.05) is 79.7 Å². The summed E-state index contributed by atoms with van der Waals surface area (Å²) in [5.41, 5.74) is -1.88. The van der Waals surface area contributed by atoms with Crippen molar-refractivity contribution >= 4 is 18.4 Å². The van der Waals surface area contributed by atoms with E-state index in [1.807, 2.05) is 84.7 Å². The molecule has 0 aliphatic carbocycles. The summed E-state index contributed by atoms with van der Waals surface area (Å²) in [4.78, 5) is 35.8. The number of fused-ring (bicyclic) bond motifs is 1. The Kier molecular flexibility index (Phi) is 11.1. The second-order valence-corrected chi connectivity index (χ2v) is 13.0. The molecule has 236 valence electrons. The van der Waals surface area contributed by atoms with Gasteiger partial charge in [0.1, 0.15) is 12.2 Å². The Morgan fingerprint density at radius 2 is 1.73 bits per heavy atom.